The van der Waals surface area contributed by atoms with Crippen LogP contribution in [0.1, 0.15) is 27.1 Å². The fourth-order valence-electron chi connectivity index (χ4n) is 2.37. The molecule has 3 rings (SSSR count). The van der Waals surface area contributed by atoms with Gasteiger partial charge in [0.2, 0.25) is 0 Å². The van der Waals surface area contributed by atoms with Gasteiger partial charge in [-0.1, -0.05) is 40.2 Å². The number of hydrogen-bond acceptors (Lipinski definition) is 2. The summed E-state index contributed by atoms with van der Waals surface area (Å²) in [7, 11) is 0. The van der Waals surface area contributed by atoms with Gasteiger partial charge in [0.1, 0.15) is 5.75 Å². The number of anilines is 1. The van der Waals surface area contributed by atoms with Gasteiger partial charge in [-0.15, -0.1) is 0 Å². The molecule has 0 saturated carbocycles. The largest absolute Gasteiger partial charge is 0.482 e. The summed E-state index contributed by atoms with van der Waals surface area (Å²) >= 11 is 3.74. The van der Waals surface area contributed by atoms with E-state index in [4.69, 9.17) is 4.74 Å². The van der Waals surface area contributed by atoms with E-state index < -0.39 is 0 Å². The summed E-state index contributed by atoms with van der Waals surface area (Å²) in [5, 5.41) is 2.84. The van der Waals surface area contributed by atoms with Crippen molar-refractivity contribution in [2.24, 2.45) is 0 Å². The Bertz CT molecular complexity index is 712. The summed E-state index contributed by atoms with van der Waals surface area (Å²) in [5.41, 5.74) is 5.57. The number of alkyl halides is 1. The van der Waals surface area contributed by atoms with E-state index in [1.54, 1.807) is 0 Å². The number of carbonyl (C=O) groups excluding carboxylic acids is 1. The maximum absolute atomic E-state index is 11.4. The summed E-state index contributed by atoms with van der Waals surface area (Å²) in [6.45, 7) is 4.30. The highest BCUT2D eigenvalue weighted by molar-refractivity contribution is 9.09. The average Bonchev–Trinajstić information content (AvgIpc) is 2.48. The number of benzene rings is 2. The maximum Gasteiger partial charge on any atom is 0.262 e. The molecule has 3 nitrogen and oxygen atoms in total. The molecule has 108 valence electrons. The number of hydrogen-bond donors (Lipinski definition) is 1. The standard InChI is InChI=1S/C17H16BrNO2/c1-10-3-4-12(7-11(10)2)17(18)13-5-6-15-14(8-13)19-16(20)9-21-15/h3-8,17H,9H2,1-2H3,(H,19,20). The van der Waals surface area contributed by atoms with E-state index in [0.717, 1.165) is 17.0 Å². The van der Waals surface area contributed by atoms with Gasteiger partial charge < -0.3 is 10.1 Å². The smallest absolute Gasteiger partial charge is 0.262 e. The fraction of sp³-hybridized carbons (Fsp3) is 0.235. The molecule has 1 N–H and O–H groups in total. The topological polar surface area (TPSA) is 38.3 Å². The van der Waals surface area contributed by atoms with Crippen LogP contribution in [0.5, 0.6) is 5.75 Å². The minimum atomic E-state index is -0.114. The molecule has 0 radical (unpaired) electrons. The lowest BCUT2D eigenvalue weighted by atomic mass is 10.00. The second-order valence-electron chi connectivity index (χ2n) is 5.30. The van der Waals surface area contributed by atoms with Crippen LogP contribution in [-0.4, -0.2) is 12.5 Å². The number of fused-ring (bicyclic) bond motifs is 1. The summed E-state index contributed by atoms with van der Waals surface area (Å²) in [5.74, 6) is 0.607. The normalized spacial score (nSPS) is 14.9. The van der Waals surface area contributed by atoms with Crippen LogP contribution < -0.4 is 10.1 Å². The third-order valence-electron chi connectivity index (χ3n) is 3.75. The molecule has 0 spiro atoms. The molecule has 0 aromatic heterocycles. The Balaban J connectivity index is 1.94. The van der Waals surface area contributed by atoms with Gasteiger partial charge in [-0.3, -0.25) is 4.79 Å². The van der Waals surface area contributed by atoms with Gasteiger partial charge in [-0.2, -0.15) is 0 Å². The molecule has 0 fully saturated rings. The molecule has 1 amide bonds. The van der Waals surface area contributed by atoms with Crippen LogP contribution in [0.25, 0.3) is 0 Å². The summed E-state index contributed by atoms with van der Waals surface area (Å²) in [6, 6.07) is 12.3. The second-order valence-corrected chi connectivity index (χ2v) is 6.21. The average molecular weight is 346 g/mol. The minimum Gasteiger partial charge on any atom is -0.482 e. The highest BCUT2D eigenvalue weighted by atomic mass is 79.9. The van der Waals surface area contributed by atoms with E-state index in [9.17, 15) is 4.79 Å². The molecule has 21 heavy (non-hydrogen) atoms. The van der Waals surface area contributed by atoms with E-state index in [-0.39, 0.29) is 17.3 Å². The molecule has 0 aliphatic carbocycles. The second kappa shape index (κ2) is 5.53. The van der Waals surface area contributed by atoms with Crippen molar-refractivity contribution in [3.8, 4) is 5.75 Å². The van der Waals surface area contributed by atoms with Gasteiger partial charge in [-0.25, -0.2) is 0 Å². The molecule has 1 aliphatic heterocycles. The molecule has 1 heterocycles. The van der Waals surface area contributed by atoms with Crippen molar-refractivity contribution in [1.29, 1.82) is 0 Å². The Morgan fingerprint density at radius 3 is 2.57 bits per heavy atom. The lowest BCUT2D eigenvalue weighted by Gasteiger charge is -2.20. The van der Waals surface area contributed by atoms with Crippen LogP contribution in [0, 0.1) is 13.8 Å². The first kappa shape index (κ1) is 14.1. The van der Waals surface area contributed by atoms with Crippen LogP contribution in [0.3, 0.4) is 0 Å². The van der Waals surface area contributed by atoms with Gasteiger partial charge >= 0.3 is 0 Å². The van der Waals surface area contributed by atoms with Gasteiger partial charge in [0.05, 0.1) is 10.5 Å². The molecule has 1 aliphatic rings. The predicted molar refractivity (Wildman–Crippen MR) is 87.3 cm³/mol. The van der Waals surface area contributed by atoms with Crippen molar-refractivity contribution in [1.82, 2.24) is 0 Å². The molecular formula is C17H16BrNO2. The number of aryl methyl sites for hydroxylation is 2. The molecule has 0 bridgehead atoms. The van der Waals surface area contributed by atoms with Crippen molar-refractivity contribution < 1.29 is 9.53 Å². The van der Waals surface area contributed by atoms with E-state index in [0.29, 0.717) is 0 Å². The molecular weight excluding hydrogens is 330 g/mol. The number of rotatable bonds is 2. The molecule has 1 unspecified atom stereocenters. The maximum atomic E-state index is 11.4. The van der Waals surface area contributed by atoms with Crippen molar-refractivity contribution >= 4 is 27.5 Å². The number of amides is 1. The fourth-order valence-corrected chi connectivity index (χ4v) is 2.94. The lowest BCUT2D eigenvalue weighted by molar-refractivity contribution is -0.118. The number of halogens is 1. The summed E-state index contributed by atoms with van der Waals surface area (Å²) in [6.07, 6.45) is 0. The molecule has 2 aromatic carbocycles. The van der Waals surface area contributed by atoms with Gasteiger partial charge in [0.25, 0.3) is 5.91 Å². The summed E-state index contributed by atoms with van der Waals surface area (Å²) in [4.78, 5) is 11.5. The van der Waals surface area contributed by atoms with E-state index >= 15 is 0 Å². The molecule has 2 aromatic rings. The van der Waals surface area contributed by atoms with Crippen LogP contribution in [0.15, 0.2) is 36.4 Å². The molecule has 4 heteroatoms. The highest BCUT2D eigenvalue weighted by Crippen LogP contribution is 2.36. The molecule has 0 saturated heterocycles. The van der Waals surface area contributed by atoms with Crippen molar-refractivity contribution in [3.05, 3.63) is 58.7 Å². The number of nitrogens with one attached hydrogen (secondary N) is 1. The zero-order valence-electron chi connectivity index (χ0n) is 11.9. The first-order valence-electron chi connectivity index (χ1n) is 6.82. The Labute approximate surface area is 132 Å². The number of ether oxygens (including phenoxy) is 1. The SMILES string of the molecule is Cc1ccc(C(Br)c2ccc3c(c2)NC(=O)CO3)cc1C. The van der Waals surface area contributed by atoms with Crippen molar-refractivity contribution in [2.45, 2.75) is 18.7 Å². The Morgan fingerprint density at radius 2 is 1.81 bits per heavy atom. The number of carbonyl (C=O) groups is 1. The quantitative estimate of drug-likeness (QED) is 0.831. The zero-order valence-corrected chi connectivity index (χ0v) is 13.5. The van der Waals surface area contributed by atoms with E-state index in [1.807, 2.05) is 18.2 Å². The van der Waals surface area contributed by atoms with Crippen LogP contribution >= 0.6 is 15.9 Å². The van der Waals surface area contributed by atoms with Gasteiger partial charge in [0, 0.05) is 0 Å². The van der Waals surface area contributed by atoms with Gasteiger partial charge in [-0.05, 0) is 48.2 Å². The monoisotopic (exact) mass is 345 g/mol. The Morgan fingerprint density at radius 1 is 1.10 bits per heavy atom. The minimum absolute atomic E-state index is 0.0842. The van der Waals surface area contributed by atoms with Crippen LogP contribution in [0.4, 0.5) is 5.69 Å². The van der Waals surface area contributed by atoms with E-state index in [2.05, 4.69) is 53.3 Å². The third-order valence-corrected chi connectivity index (χ3v) is 4.81. The highest BCUT2D eigenvalue weighted by Gasteiger charge is 2.18. The summed E-state index contributed by atoms with van der Waals surface area (Å²) < 4.78 is 5.38. The Kier molecular flexibility index (Phi) is 3.72. The van der Waals surface area contributed by atoms with E-state index in [1.165, 1.54) is 16.7 Å². The lowest BCUT2D eigenvalue weighted by Crippen LogP contribution is -2.25. The zero-order chi connectivity index (χ0) is 15.0. The van der Waals surface area contributed by atoms with Crippen molar-refractivity contribution in [2.75, 3.05) is 11.9 Å². The van der Waals surface area contributed by atoms with Gasteiger partial charge in [0.15, 0.2) is 6.61 Å². The first-order valence-corrected chi connectivity index (χ1v) is 7.74. The van der Waals surface area contributed by atoms with Crippen molar-refractivity contribution in [3.63, 3.8) is 0 Å². The van der Waals surface area contributed by atoms with Crippen LogP contribution in [0.2, 0.25) is 0 Å². The predicted octanol–water partition coefficient (Wildman–Crippen LogP) is 4.12. The third kappa shape index (κ3) is 2.81. The van der Waals surface area contributed by atoms with Crippen LogP contribution in [-0.2, 0) is 4.79 Å². The molecule has 1 atom stereocenters. The first-order chi connectivity index (χ1) is 10.0. The Hall–Kier alpha value is -1.81.